The quantitative estimate of drug-likeness (QED) is 0.830. The number of thioether (sulfide) groups is 1. The number of imidazole rings is 1. The molecule has 1 amide bonds. The van der Waals surface area contributed by atoms with Crippen molar-refractivity contribution in [3.8, 4) is 5.69 Å². The van der Waals surface area contributed by atoms with E-state index in [9.17, 15) is 4.79 Å². The number of amides is 1. The van der Waals surface area contributed by atoms with Gasteiger partial charge in [-0.2, -0.15) is 0 Å². The SMILES string of the molecule is CCCNC(=O)C(C)Sc1nccn1-c1ccc(C)cc1C. The molecule has 0 bridgehead atoms. The molecule has 1 unspecified atom stereocenters. The summed E-state index contributed by atoms with van der Waals surface area (Å²) < 4.78 is 2.04. The van der Waals surface area contributed by atoms with E-state index in [1.54, 1.807) is 6.20 Å². The summed E-state index contributed by atoms with van der Waals surface area (Å²) in [4.78, 5) is 16.4. The second-order valence-corrected chi connectivity index (χ2v) is 6.73. The van der Waals surface area contributed by atoms with Crippen LogP contribution in [0, 0.1) is 13.8 Å². The molecule has 0 spiro atoms. The van der Waals surface area contributed by atoms with Gasteiger partial charge in [-0.1, -0.05) is 36.4 Å². The van der Waals surface area contributed by atoms with Crippen LogP contribution in [0.2, 0.25) is 0 Å². The molecule has 0 saturated heterocycles. The lowest BCUT2D eigenvalue weighted by atomic mass is 10.1. The first-order chi connectivity index (χ1) is 10.5. The van der Waals surface area contributed by atoms with Crippen molar-refractivity contribution < 1.29 is 4.79 Å². The number of nitrogens with zero attached hydrogens (tertiary/aromatic N) is 2. The monoisotopic (exact) mass is 317 g/mol. The van der Waals surface area contributed by atoms with Gasteiger partial charge in [-0.15, -0.1) is 0 Å². The summed E-state index contributed by atoms with van der Waals surface area (Å²) in [6.07, 6.45) is 4.66. The second-order valence-electron chi connectivity index (χ2n) is 5.42. The molecule has 1 atom stereocenters. The van der Waals surface area contributed by atoms with Crippen molar-refractivity contribution in [3.63, 3.8) is 0 Å². The normalized spacial score (nSPS) is 12.2. The molecule has 1 aromatic carbocycles. The average Bonchev–Trinajstić information content (AvgIpc) is 2.92. The Bertz CT molecular complexity index is 651. The zero-order valence-electron chi connectivity index (χ0n) is 13.6. The van der Waals surface area contributed by atoms with Gasteiger partial charge in [-0.05, 0) is 38.8 Å². The smallest absolute Gasteiger partial charge is 0.233 e. The minimum atomic E-state index is -0.168. The van der Waals surface area contributed by atoms with Gasteiger partial charge in [0.2, 0.25) is 5.91 Å². The number of hydrogen-bond acceptors (Lipinski definition) is 3. The minimum Gasteiger partial charge on any atom is -0.355 e. The molecular formula is C17H23N3OS. The van der Waals surface area contributed by atoms with Crippen LogP contribution in [-0.4, -0.2) is 27.3 Å². The van der Waals surface area contributed by atoms with Gasteiger partial charge in [0, 0.05) is 18.9 Å². The van der Waals surface area contributed by atoms with Gasteiger partial charge in [-0.3, -0.25) is 9.36 Å². The largest absolute Gasteiger partial charge is 0.355 e. The molecule has 1 aromatic heterocycles. The summed E-state index contributed by atoms with van der Waals surface area (Å²) in [6, 6.07) is 6.34. The summed E-state index contributed by atoms with van der Waals surface area (Å²) >= 11 is 1.48. The zero-order valence-corrected chi connectivity index (χ0v) is 14.4. The predicted molar refractivity (Wildman–Crippen MR) is 91.7 cm³/mol. The lowest BCUT2D eigenvalue weighted by molar-refractivity contribution is -0.120. The van der Waals surface area contributed by atoms with E-state index in [2.05, 4.69) is 42.3 Å². The number of rotatable bonds is 6. The molecular weight excluding hydrogens is 294 g/mol. The van der Waals surface area contributed by atoms with Crippen LogP contribution in [-0.2, 0) is 4.79 Å². The maximum atomic E-state index is 12.0. The third-order valence-electron chi connectivity index (χ3n) is 3.42. The van der Waals surface area contributed by atoms with Crippen molar-refractivity contribution >= 4 is 17.7 Å². The number of nitrogens with one attached hydrogen (secondary N) is 1. The van der Waals surface area contributed by atoms with E-state index in [1.807, 2.05) is 24.6 Å². The lowest BCUT2D eigenvalue weighted by Gasteiger charge is -2.14. The molecule has 2 aromatic rings. The molecule has 118 valence electrons. The predicted octanol–water partition coefficient (Wildman–Crippen LogP) is 3.50. The number of aromatic nitrogens is 2. The van der Waals surface area contributed by atoms with Crippen LogP contribution in [0.5, 0.6) is 0 Å². The van der Waals surface area contributed by atoms with Gasteiger partial charge >= 0.3 is 0 Å². The molecule has 0 fully saturated rings. The Balaban J connectivity index is 2.17. The van der Waals surface area contributed by atoms with E-state index in [0.717, 1.165) is 23.8 Å². The highest BCUT2D eigenvalue weighted by atomic mass is 32.2. The van der Waals surface area contributed by atoms with Crippen molar-refractivity contribution in [2.24, 2.45) is 0 Å². The third-order valence-corrected chi connectivity index (χ3v) is 4.50. The van der Waals surface area contributed by atoms with E-state index < -0.39 is 0 Å². The fraction of sp³-hybridized carbons (Fsp3) is 0.412. The number of benzene rings is 1. The Labute approximate surface area is 136 Å². The van der Waals surface area contributed by atoms with E-state index in [0.29, 0.717) is 0 Å². The summed E-state index contributed by atoms with van der Waals surface area (Å²) in [6.45, 7) is 8.85. The Hall–Kier alpha value is -1.75. The van der Waals surface area contributed by atoms with Crippen molar-refractivity contribution in [2.75, 3.05) is 6.54 Å². The number of aryl methyl sites for hydroxylation is 2. The van der Waals surface area contributed by atoms with Crippen molar-refractivity contribution in [1.29, 1.82) is 0 Å². The topological polar surface area (TPSA) is 46.9 Å². The Morgan fingerprint density at radius 2 is 2.18 bits per heavy atom. The van der Waals surface area contributed by atoms with Crippen molar-refractivity contribution in [3.05, 3.63) is 41.7 Å². The van der Waals surface area contributed by atoms with Crippen LogP contribution in [0.4, 0.5) is 0 Å². The Morgan fingerprint density at radius 1 is 1.41 bits per heavy atom. The van der Waals surface area contributed by atoms with Crippen LogP contribution in [0.15, 0.2) is 35.7 Å². The summed E-state index contributed by atoms with van der Waals surface area (Å²) in [5, 5.41) is 3.60. The molecule has 4 nitrogen and oxygen atoms in total. The maximum Gasteiger partial charge on any atom is 0.233 e. The summed E-state index contributed by atoms with van der Waals surface area (Å²) in [7, 11) is 0. The lowest BCUT2D eigenvalue weighted by Crippen LogP contribution is -2.31. The number of carbonyl (C=O) groups excluding carboxylic acids is 1. The first kappa shape index (κ1) is 16.6. The fourth-order valence-electron chi connectivity index (χ4n) is 2.24. The molecule has 2 rings (SSSR count). The van der Waals surface area contributed by atoms with Crippen molar-refractivity contribution in [2.45, 2.75) is 44.5 Å². The molecule has 22 heavy (non-hydrogen) atoms. The van der Waals surface area contributed by atoms with E-state index >= 15 is 0 Å². The average molecular weight is 317 g/mol. The first-order valence-electron chi connectivity index (χ1n) is 7.58. The van der Waals surface area contributed by atoms with Crippen LogP contribution >= 0.6 is 11.8 Å². The van der Waals surface area contributed by atoms with Gasteiger partial charge in [0.15, 0.2) is 5.16 Å². The third kappa shape index (κ3) is 3.91. The van der Waals surface area contributed by atoms with E-state index in [-0.39, 0.29) is 11.2 Å². The molecule has 0 aliphatic rings. The highest BCUT2D eigenvalue weighted by molar-refractivity contribution is 8.00. The van der Waals surface area contributed by atoms with Gasteiger partial charge in [0.05, 0.1) is 10.9 Å². The maximum absolute atomic E-state index is 12.0. The van der Waals surface area contributed by atoms with Gasteiger partial charge < -0.3 is 5.32 Å². The molecule has 5 heteroatoms. The van der Waals surface area contributed by atoms with Crippen LogP contribution in [0.25, 0.3) is 5.69 Å². The highest BCUT2D eigenvalue weighted by Crippen LogP contribution is 2.26. The highest BCUT2D eigenvalue weighted by Gasteiger charge is 2.17. The van der Waals surface area contributed by atoms with Crippen LogP contribution in [0.1, 0.15) is 31.4 Å². The van der Waals surface area contributed by atoms with E-state index in [4.69, 9.17) is 0 Å². The van der Waals surface area contributed by atoms with Crippen LogP contribution in [0.3, 0.4) is 0 Å². The van der Waals surface area contributed by atoms with E-state index in [1.165, 1.54) is 22.9 Å². The number of carbonyl (C=O) groups is 1. The second kappa shape index (κ2) is 7.49. The number of hydrogen-bond donors (Lipinski definition) is 1. The van der Waals surface area contributed by atoms with Gasteiger partial charge in [0.1, 0.15) is 0 Å². The van der Waals surface area contributed by atoms with Gasteiger partial charge in [0.25, 0.3) is 0 Å². The Morgan fingerprint density at radius 3 is 2.86 bits per heavy atom. The summed E-state index contributed by atoms with van der Waals surface area (Å²) in [5.41, 5.74) is 3.54. The van der Waals surface area contributed by atoms with Crippen LogP contribution < -0.4 is 5.32 Å². The van der Waals surface area contributed by atoms with Gasteiger partial charge in [-0.25, -0.2) is 4.98 Å². The fourth-order valence-corrected chi connectivity index (χ4v) is 3.14. The molecule has 0 saturated carbocycles. The Kier molecular flexibility index (Phi) is 5.66. The summed E-state index contributed by atoms with van der Waals surface area (Å²) in [5.74, 6) is 0.0574. The molecule has 0 aliphatic heterocycles. The standard InChI is InChI=1S/C17H23N3OS/c1-5-8-18-16(21)14(4)22-17-19-9-10-20(17)15-7-6-12(2)11-13(15)3/h6-7,9-11,14H,5,8H2,1-4H3,(H,18,21). The molecule has 1 N–H and O–H groups in total. The molecule has 0 radical (unpaired) electrons. The molecule has 0 aliphatic carbocycles. The zero-order chi connectivity index (χ0) is 16.1. The molecule has 1 heterocycles. The first-order valence-corrected chi connectivity index (χ1v) is 8.46. The van der Waals surface area contributed by atoms with Crippen molar-refractivity contribution in [1.82, 2.24) is 14.9 Å². The minimum absolute atomic E-state index is 0.0574.